The lowest BCUT2D eigenvalue weighted by atomic mass is 9.81. The Morgan fingerprint density at radius 2 is 2.00 bits per heavy atom. The van der Waals surface area contributed by atoms with E-state index in [1.54, 1.807) is 7.05 Å². The smallest absolute Gasteiger partial charge is 0.168 e. The standard InChI is InChI=1S/C16H19NO2/c1-3-13(17-2)16-14(18)9-12(10-15(16)19)11-7-5-4-6-8-11/h4-8,12,18H,3,9-10H2,1-2H3. The van der Waals surface area contributed by atoms with Gasteiger partial charge < -0.3 is 5.11 Å². The van der Waals surface area contributed by atoms with Gasteiger partial charge in [-0.1, -0.05) is 37.3 Å². The zero-order valence-corrected chi connectivity index (χ0v) is 11.4. The highest BCUT2D eigenvalue weighted by Gasteiger charge is 2.30. The Kier molecular flexibility index (Phi) is 4.15. The lowest BCUT2D eigenvalue weighted by Crippen LogP contribution is -2.23. The van der Waals surface area contributed by atoms with E-state index in [-0.39, 0.29) is 17.5 Å². The predicted molar refractivity (Wildman–Crippen MR) is 76.7 cm³/mol. The Labute approximate surface area is 113 Å². The summed E-state index contributed by atoms with van der Waals surface area (Å²) in [5.41, 5.74) is 2.25. The second kappa shape index (κ2) is 5.83. The van der Waals surface area contributed by atoms with Gasteiger partial charge in [-0.3, -0.25) is 9.79 Å². The minimum absolute atomic E-state index is 0.0000491. The lowest BCUT2D eigenvalue weighted by Gasteiger charge is -2.24. The highest BCUT2D eigenvalue weighted by Crippen LogP contribution is 2.34. The minimum Gasteiger partial charge on any atom is -0.511 e. The van der Waals surface area contributed by atoms with E-state index in [4.69, 9.17) is 0 Å². The second-order valence-electron chi connectivity index (χ2n) is 4.78. The molecule has 0 amide bonds. The largest absolute Gasteiger partial charge is 0.511 e. The van der Waals surface area contributed by atoms with Crippen LogP contribution in [0.25, 0.3) is 0 Å². The summed E-state index contributed by atoms with van der Waals surface area (Å²) in [6, 6.07) is 9.88. The molecule has 3 heteroatoms. The highest BCUT2D eigenvalue weighted by molar-refractivity contribution is 6.23. The van der Waals surface area contributed by atoms with E-state index in [1.807, 2.05) is 37.3 Å². The fraction of sp³-hybridized carbons (Fsp3) is 0.375. The number of ketones is 1. The van der Waals surface area contributed by atoms with E-state index in [0.717, 1.165) is 5.56 Å². The van der Waals surface area contributed by atoms with Gasteiger partial charge in [0.15, 0.2) is 5.78 Å². The summed E-state index contributed by atoms with van der Waals surface area (Å²) in [6.07, 6.45) is 1.63. The Bertz CT molecular complexity index is 529. The molecule has 0 heterocycles. The van der Waals surface area contributed by atoms with Crippen molar-refractivity contribution in [3.05, 3.63) is 47.2 Å². The molecule has 3 nitrogen and oxygen atoms in total. The van der Waals surface area contributed by atoms with E-state index in [1.165, 1.54) is 0 Å². The number of aliphatic hydroxyl groups excluding tert-OH is 1. The van der Waals surface area contributed by atoms with E-state index < -0.39 is 0 Å². The lowest BCUT2D eigenvalue weighted by molar-refractivity contribution is -0.116. The van der Waals surface area contributed by atoms with Crippen molar-refractivity contribution in [3.8, 4) is 0 Å². The maximum absolute atomic E-state index is 12.2. The number of hydrogen-bond donors (Lipinski definition) is 1. The van der Waals surface area contributed by atoms with Crippen LogP contribution in [0.2, 0.25) is 0 Å². The van der Waals surface area contributed by atoms with Gasteiger partial charge in [0.25, 0.3) is 0 Å². The van der Waals surface area contributed by atoms with Crippen LogP contribution in [0.4, 0.5) is 0 Å². The molecule has 0 saturated carbocycles. The highest BCUT2D eigenvalue weighted by atomic mass is 16.3. The van der Waals surface area contributed by atoms with Gasteiger partial charge in [-0.25, -0.2) is 0 Å². The molecule has 0 spiro atoms. The SMILES string of the molecule is CCC(=NC)C1=C(O)CC(c2ccccc2)CC1=O. The average Bonchev–Trinajstić information content (AvgIpc) is 2.43. The molecule has 1 aromatic carbocycles. The number of Topliss-reactive ketones (excluding diaryl/α,β-unsaturated/α-hetero) is 1. The number of benzene rings is 1. The number of allylic oxidation sites excluding steroid dienone is 2. The third kappa shape index (κ3) is 2.75. The normalized spacial score (nSPS) is 20.8. The zero-order chi connectivity index (χ0) is 13.8. The van der Waals surface area contributed by atoms with Gasteiger partial charge >= 0.3 is 0 Å². The Morgan fingerprint density at radius 1 is 1.32 bits per heavy atom. The van der Waals surface area contributed by atoms with Crippen LogP contribution in [0, 0.1) is 0 Å². The molecule has 1 aliphatic carbocycles. The molecule has 1 aromatic rings. The van der Waals surface area contributed by atoms with E-state index in [2.05, 4.69) is 4.99 Å². The van der Waals surface area contributed by atoms with Crippen molar-refractivity contribution in [3.63, 3.8) is 0 Å². The van der Waals surface area contributed by atoms with Crippen LogP contribution >= 0.6 is 0 Å². The molecule has 19 heavy (non-hydrogen) atoms. The maximum atomic E-state index is 12.2. The van der Waals surface area contributed by atoms with Crippen molar-refractivity contribution in [1.82, 2.24) is 0 Å². The van der Waals surface area contributed by atoms with Gasteiger partial charge in [0.05, 0.1) is 5.57 Å². The van der Waals surface area contributed by atoms with Crippen molar-refractivity contribution >= 4 is 11.5 Å². The average molecular weight is 257 g/mol. The van der Waals surface area contributed by atoms with Crippen LogP contribution < -0.4 is 0 Å². The Hall–Kier alpha value is -1.90. The van der Waals surface area contributed by atoms with Crippen LogP contribution in [0.1, 0.15) is 37.7 Å². The molecular weight excluding hydrogens is 238 g/mol. The molecule has 0 saturated heterocycles. The first-order valence-electron chi connectivity index (χ1n) is 6.63. The van der Waals surface area contributed by atoms with Crippen molar-refractivity contribution in [1.29, 1.82) is 0 Å². The van der Waals surface area contributed by atoms with Gasteiger partial charge in [0.2, 0.25) is 0 Å². The van der Waals surface area contributed by atoms with Gasteiger partial charge in [-0.2, -0.15) is 0 Å². The summed E-state index contributed by atoms with van der Waals surface area (Å²) in [6.45, 7) is 1.94. The molecule has 1 unspecified atom stereocenters. The number of rotatable bonds is 3. The summed E-state index contributed by atoms with van der Waals surface area (Å²) < 4.78 is 0. The molecule has 0 radical (unpaired) electrons. The minimum atomic E-state index is 0.0000491. The molecule has 0 aromatic heterocycles. The summed E-state index contributed by atoms with van der Waals surface area (Å²) in [4.78, 5) is 16.4. The van der Waals surface area contributed by atoms with Crippen LogP contribution in [0.5, 0.6) is 0 Å². The first-order chi connectivity index (χ1) is 9.17. The topological polar surface area (TPSA) is 49.7 Å². The zero-order valence-electron chi connectivity index (χ0n) is 11.4. The van der Waals surface area contributed by atoms with Gasteiger partial charge in [-0.15, -0.1) is 0 Å². The molecule has 0 fully saturated rings. The summed E-state index contributed by atoms with van der Waals surface area (Å²) >= 11 is 0. The monoisotopic (exact) mass is 257 g/mol. The first-order valence-corrected chi connectivity index (χ1v) is 6.63. The summed E-state index contributed by atoms with van der Waals surface area (Å²) in [7, 11) is 1.66. The number of hydrogen-bond acceptors (Lipinski definition) is 3. The van der Waals surface area contributed by atoms with Crippen LogP contribution in [-0.4, -0.2) is 23.6 Å². The molecule has 0 bridgehead atoms. The fourth-order valence-electron chi connectivity index (χ4n) is 2.63. The van der Waals surface area contributed by atoms with Crippen LogP contribution in [-0.2, 0) is 4.79 Å². The fourth-order valence-corrected chi connectivity index (χ4v) is 2.63. The summed E-state index contributed by atoms with van der Waals surface area (Å²) in [5.74, 6) is 0.264. The van der Waals surface area contributed by atoms with Crippen molar-refractivity contribution in [2.75, 3.05) is 7.05 Å². The second-order valence-corrected chi connectivity index (χ2v) is 4.78. The Morgan fingerprint density at radius 3 is 2.53 bits per heavy atom. The van der Waals surface area contributed by atoms with Crippen LogP contribution in [0.3, 0.4) is 0 Å². The maximum Gasteiger partial charge on any atom is 0.168 e. The molecule has 1 N–H and O–H groups in total. The van der Waals surface area contributed by atoms with Gasteiger partial charge in [0.1, 0.15) is 5.76 Å². The molecule has 100 valence electrons. The molecule has 1 aliphatic rings. The van der Waals surface area contributed by atoms with Gasteiger partial charge in [0, 0.05) is 25.6 Å². The molecule has 1 atom stereocenters. The number of nitrogens with zero attached hydrogens (tertiary/aromatic N) is 1. The quantitative estimate of drug-likeness (QED) is 0.843. The van der Waals surface area contributed by atoms with E-state index in [0.29, 0.717) is 30.5 Å². The molecule has 0 aliphatic heterocycles. The van der Waals surface area contributed by atoms with Crippen molar-refractivity contribution in [2.24, 2.45) is 4.99 Å². The van der Waals surface area contributed by atoms with Crippen molar-refractivity contribution in [2.45, 2.75) is 32.1 Å². The molecular formula is C16H19NO2. The van der Waals surface area contributed by atoms with Crippen LogP contribution in [0.15, 0.2) is 46.7 Å². The van der Waals surface area contributed by atoms with Crippen molar-refractivity contribution < 1.29 is 9.90 Å². The number of aliphatic hydroxyl groups is 1. The predicted octanol–water partition coefficient (Wildman–Crippen LogP) is 3.43. The number of carbonyl (C=O) groups excluding carboxylic acids is 1. The van der Waals surface area contributed by atoms with E-state index in [9.17, 15) is 9.90 Å². The van der Waals surface area contributed by atoms with Gasteiger partial charge in [-0.05, 0) is 17.9 Å². The number of aliphatic imine (C=N–C) groups is 1. The first kappa shape index (κ1) is 13.5. The number of carbonyl (C=O) groups is 1. The Balaban J connectivity index is 2.31. The summed E-state index contributed by atoms with van der Waals surface area (Å²) in [5, 5.41) is 10.2. The van der Waals surface area contributed by atoms with E-state index >= 15 is 0 Å². The molecule has 2 rings (SSSR count). The third-order valence-corrected chi connectivity index (χ3v) is 3.60. The third-order valence-electron chi connectivity index (χ3n) is 3.60.